The van der Waals surface area contributed by atoms with Crippen LogP contribution in [0.15, 0.2) is 6.07 Å². The van der Waals surface area contributed by atoms with E-state index in [4.69, 9.17) is 0 Å². The smallest absolute Gasteiger partial charge is 0.309 e. The molecule has 4 heteroatoms. The number of hydrogen-bond donors (Lipinski definition) is 2. The Hall–Kier alpha value is -1.84. The van der Waals surface area contributed by atoms with Crippen molar-refractivity contribution in [2.24, 2.45) is 10.8 Å². The highest BCUT2D eigenvalue weighted by atomic mass is 16.4. The van der Waals surface area contributed by atoms with Gasteiger partial charge in [0.05, 0.1) is 10.8 Å². The first kappa shape index (κ1) is 27.2. The Morgan fingerprint density at radius 2 is 1.16 bits per heavy atom. The van der Waals surface area contributed by atoms with E-state index in [9.17, 15) is 19.8 Å². The zero-order valence-electron chi connectivity index (χ0n) is 20.9. The molecule has 0 amide bonds. The van der Waals surface area contributed by atoms with Gasteiger partial charge in [-0.05, 0) is 115 Å². The summed E-state index contributed by atoms with van der Waals surface area (Å²) < 4.78 is 0. The van der Waals surface area contributed by atoms with E-state index >= 15 is 0 Å². The predicted molar refractivity (Wildman–Crippen MR) is 128 cm³/mol. The number of carboxylic acid groups (broad SMARTS) is 2. The van der Waals surface area contributed by atoms with Crippen LogP contribution in [0.2, 0.25) is 0 Å². The molecular formula is C27H44O4. The molecule has 0 heterocycles. The third kappa shape index (κ3) is 8.31. The van der Waals surface area contributed by atoms with Gasteiger partial charge in [0.15, 0.2) is 0 Å². The number of unbranched alkanes of at least 4 members (excludes halogenated alkanes) is 4. The van der Waals surface area contributed by atoms with Crippen LogP contribution in [-0.4, -0.2) is 22.2 Å². The van der Waals surface area contributed by atoms with E-state index in [0.717, 1.165) is 64.2 Å². The molecule has 0 saturated carbocycles. The molecule has 2 N–H and O–H groups in total. The fraction of sp³-hybridized carbons (Fsp3) is 0.704. The molecule has 0 spiro atoms. The maximum Gasteiger partial charge on any atom is 0.309 e. The molecule has 4 nitrogen and oxygen atoms in total. The van der Waals surface area contributed by atoms with Gasteiger partial charge in [0.1, 0.15) is 0 Å². The molecule has 31 heavy (non-hydrogen) atoms. The van der Waals surface area contributed by atoms with Crippen LogP contribution in [0, 0.1) is 31.6 Å². The van der Waals surface area contributed by atoms with Gasteiger partial charge in [-0.25, -0.2) is 0 Å². The SMILES string of the molecule is Cc1cc(CCCCCC(C)(C)C(=O)O)c(C)c(C)c1CCCCCC(C)(C)C(=O)O. The molecular weight excluding hydrogens is 388 g/mol. The average molecular weight is 433 g/mol. The number of aryl methyl sites for hydroxylation is 2. The van der Waals surface area contributed by atoms with Gasteiger partial charge < -0.3 is 10.2 Å². The Morgan fingerprint density at radius 1 is 0.710 bits per heavy atom. The monoisotopic (exact) mass is 432 g/mol. The van der Waals surface area contributed by atoms with Crippen molar-refractivity contribution >= 4 is 11.9 Å². The minimum Gasteiger partial charge on any atom is -0.481 e. The maximum atomic E-state index is 11.2. The van der Waals surface area contributed by atoms with E-state index < -0.39 is 22.8 Å². The fourth-order valence-corrected chi connectivity index (χ4v) is 4.18. The summed E-state index contributed by atoms with van der Waals surface area (Å²) in [6, 6.07) is 2.34. The summed E-state index contributed by atoms with van der Waals surface area (Å²) in [4.78, 5) is 22.4. The van der Waals surface area contributed by atoms with E-state index in [1.54, 1.807) is 27.7 Å². The van der Waals surface area contributed by atoms with Crippen molar-refractivity contribution in [3.63, 3.8) is 0 Å². The van der Waals surface area contributed by atoms with E-state index in [2.05, 4.69) is 26.8 Å². The van der Waals surface area contributed by atoms with Crippen LogP contribution in [0.25, 0.3) is 0 Å². The Kier molecular flexibility index (Phi) is 10.3. The zero-order chi connectivity index (χ0) is 23.8. The Morgan fingerprint density at radius 3 is 1.61 bits per heavy atom. The van der Waals surface area contributed by atoms with Gasteiger partial charge in [-0.1, -0.05) is 31.7 Å². The van der Waals surface area contributed by atoms with Crippen LogP contribution >= 0.6 is 0 Å². The topological polar surface area (TPSA) is 74.6 Å². The summed E-state index contributed by atoms with van der Waals surface area (Å²) in [5.41, 5.74) is 5.74. The van der Waals surface area contributed by atoms with Crippen molar-refractivity contribution in [2.75, 3.05) is 0 Å². The van der Waals surface area contributed by atoms with E-state index in [1.165, 1.54) is 27.8 Å². The lowest BCUT2D eigenvalue weighted by Gasteiger charge is -2.20. The summed E-state index contributed by atoms with van der Waals surface area (Å²) >= 11 is 0. The molecule has 1 rings (SSSR count). The van der Waals surface area contributed by atoms with Crippen molar-refractivity contribution in [3.05, 3.63) is 33.9 Å². The van der Waals surface area contributed by atoms with Crippen molar-refractivity contribution < 1.29 is 19.8 Å². The molecule has 0 atom stereocenters. The van der Waals surface area contributed by atoms with E-state index in [-0.39, 0.29) is 0 Å². The average Bonchev–Trinajstić information content (AvgIpc) is 2.66. The molecule has 0 fully saturated rings. The maximum absolute atomic E-state index is 11.2. The quantitative estimate of drug-likeness (QED) is 0.309. The van der Waals surface area contributed by atoms with Crippen LogP contribution in [0.1, 0.15) is 107 Å². The van der Waals surface area contributed by atoms with Crippen LogP contribution < -0.4 is 0 Å². The van der Waals surface area contributed by atoms with Gasteiger partial charge in [-0.15, -0.1) is 0 Å². The lowest BCUT2D eigenvalue weighted by molar-refractivity contribution is -0.148. The van der Waals surface area contributed by atoms with Gasteiger partial charge in [-0.2, -0.15) is 0 Å². The largest absolute Gasteiger partial charge is 0.481 e. The third-order valence-electron chi connectivity index (χ3n) is 7.00. The third-order valence-corrected chi connectivity index (χ3v) is 7.00. The number of carboxylic acids is 2. The molecule has 1 aromatic rings. The number of hydrogen-bond acceptors (Lipinski definition) is 2. The molecule has 0 unspecified atom stereocenters. The van der Waals surface area contributed by atoms with E-state index in [0.29, 0.717) is 0 Å². The molecule has 0 aliphatic heterocycles. The first-order chi connectivity index (χ1) is 14.3. The molecule has 0 saturated heterocycles. The van der Waals surface area contributed by atoms with Crippen molar-refractivity contribution in [1.82, 2.24) is 0 Å². The fourth-order valence-electron chi connectivity index (χ4n) is 4.18. The van der Waals surface area contributed by atoms with Gasteiger partial charge in [0, 0.05) is 0 Å². The number of carbonyl (C=O) groups is 2. The summed E-state index contributed by atoms with van der Waals surface area (Å²) in [5.74, 6) is -1.42. The second kappa shape index (κ2) is 11.7. The number of benzene rings is 1. The molecule has 0 aliphatic carbocycles. The Bertz CT molecular complexity index is 759. The zero-order valence-corrected chi connectivity index (χ0v) is 20.9. The lowest BCUT2D eigenvalue weighted by atomic mass is 9.85. The number of aliphatic carboxylic acids is 2. The van der Waals surface area contributed by atoms with Gasteiger partial charge in [0.2, 0.25) is 0 Å². The second-order valence-electron chi connectivity index (χ2n) is 10.6. The van der Waals surface area contributed by atoms with Crippen molar-refractivity contribution in [1.29, 1.82) is 0 Å². The highest BCUT2D eigenvalue weighted by molar-refractivity contribution is 5.73. The van der Waals surface area contributed by atoms with Crippen molar-refractivity contribution in [2.45, 2.75) is 113 Å². The first-order valence-electron chi connectivity index (χ1n) is 11.8. The predicted octanol–water partition coefficient (Wildman–Crippen LogP) is 7.04. The summed E-state index contributed by atoms with van der Waals surface area (Å²) in [6.07, 6.45) is 9.75. The molecule has 0 bridgehead atoms. The normalized spacial score (nSPS) is 12.2. The van der Waals surface area contributed by atoms with Gasteiger partial charge in [-0.3, -0.25) is 9.59 Å². The molecule has 0 radical (unpaired) electrons. The molecule has 0 aromatic heterocycles. The highest BCUT2D eigenvalue weighted by Gasteiger charge is 2.26. The van der Waals surface area contributed by atoms with Crippen LogP contribution in [0.3, 0.4) is 0 Å². The molecule has 1 aromatic carbocycles. The molecule has 0 aliphatic rings. The lowest BCUT2D eigenvalue weighted by Crippen LogP contribution is -2.23. The minimum atomic E-state index is -0.712. The second-order valence-corrected chi connectivity index (χ2v) is 10.6. The van der Waals surface area contributed by atoms with Gasteiger partial charge in [0.25, 0.3) is 0 Å². The minimum absolute atomic E-state index is 0.631. The first-order valence-corrected chi connectivity index (χ1v) is 11.8. The Balaban J connectivity index is 2.54. The Labute approximate surface area is 189 Å². The van der Waals surface area contributed by atoms with Crippen LogP contribution in [0.5, 0.6) is 0 Å². The standard InChI is InChI=1S/C27H44O4/c1-19-18-22(14-10-8-12-16-26(4,5)24(28)29)20(2)21(3)23(19)15-11-9-13-17-27(6,7)25(30)31/h18H,8-17H2,1-7H3,(H,28,29)(H,30,31). The van der Waals surface area contributed by atoms with Crippen LogP contribution in [0.4, 0.5) is 0 Å². The highest BCUT2D eigenvalue weighted by Crippen LogP contribution is 2.28. The van der Waals surface area contributed by atoms with E-state index in [1.807, 2.05) is 0 Å². The summed E-state index contributed by atoms with van der Waals surface area (Å²) in [6.45, 7) is 13.9. The van der Waals surface area contributed by atoms with Crippen molar-refractivity contribution in [3.8, 4) is 0 Å². The number of rotatable bonds is 14. The van der Waals surface area contributed by atoms with Crippen LogP contribution in [-0.2, 0) is 22.4 Å². The summed E-state index contributed by atoms with van der Waals surface area (Å²) in [5, 5.41) is 18.5. The van der Waals surface area contributed by atoms with Gasteiger partial charge >= 0.3 is 11.9 Å². The summed E-state index contributed by atoms with van der Waals surface area (Å²) in [7, 11) is 0. The molecule has 176 valence electrons.